The van der Waals surface area contributed by atoms with Crippen molar-refractivity contribution in [3.05, 3.63) is 41.4 Å². The number of aryl methyl sites for hydroxylation is 1. The highest BCUT2D eigenvalue weighted by Crippen LogP contribution is 2.31. The Morgan fingerprint density at radius 1 is 1.21 bits per heavy atom. The molecule has 0 spiro atoms. The van der Waals surface area contributed by atoms with E-state index in [1.165, 1.54) is 11.3 Å². The second-order valence-electron chi connectivity index (χ2n) is 6.32. The average Bonchev–Trinajstić information content (AvgIpc) is 3.41. The Hall–Kier alpha value is -3.53. The molecule has 0 aliphatic heterocycles. The van der Waals surface area contributed by atoms with Crippen LogP contribution in [0.1, 0.15) is 15.6 Å². The lowest BCUT2D eigenvalue weighted by molar-refractivity contribution is 0.0950. The number of nitrogens with zero attached hydrogens (tertiary/aromatic N) is 5. The SMILES string of the molecule is CNc1nc2sc(C(=O)NCc3nc4ccccc4[nH]3)nc2c2c1ncn2C. The van der Waals surface area contributed by atoms with Crippen LogP contribution in [-0.2, 0) is 13.6 Å². The van der Waals surface area contributed by atoms with Crippen molar-refractivity contribution in [1.82, 2.24) is 34.8 Å². The van der Waals surface area contributed by atoms with Gasteiger partial charge in [0, 0.05) is 14.1 Å². The van der Waals surface area contributed by atoms with Crippen molar-refractivity contribution in [3.8, 4) is 0 Å². The van der Waals surface area contributed by atoms with Gasteiger partial charge < -0.3 is 20.2 Å². The minimum atomic E-state index is -0.259. The molecule has 1 aromatic carbocycles. The Morgan fingerprint density at radius 2 is 2.07 bits per heavy atom. The maximum Gasteiger partial charge on any atom is 0.280 e. The summed E-state index contributed by atoms with van der Waals surface area (Å²) in [6, 6.07) is 7.74. The number of aromatic amines is 1. The molecule has 9 nitrogen and oxygen atoms in total. The van der Waals surface area contributed by atoms with Gasteiger partial charge in [-0.25, -0.2) is 19.9 Å². The van der Waals surface area contributed by atoms with E-state index in [-0.39, 0.29) is 5.91 Å². The minimum absolute atomic E-state index is 0.259. The molecule has 0 saturated heterocycles. The van der Waals surface area contributed by atoms with Gasteiger partial charge in [-0.3, -0.25) is 4.79 Å². The number of nitrogens with one attached hydrogen (secondary N) is 3. The first-order chi connectivity index (χ1) is 13.6. The Bertz CT molecular complexity index is 1320. The molecule has 0 aliphatic carbocycles. The average molecular weight is 392 g/mol. The van der Waals surface area contributed by atoms with Crippen LogP contribution in [0.2, 0.25) is 0 Å². The van der Waals surface area contributed by atoms with Crippen molar-refractivity contribution >= 4 is 55.5 Å². The van der Waals surface area contributed by atoms with Gasteiger partial charge in [-0.05, 0) is 12.1 Å². The van der Waals surface area contributed by atoms with Crippen LogP contribution in [0.15, 0.2) is 30.6 Å². The van der Waals surface area contributed by atoms with Gasteiger partial charge in [0.15, 0.2) is 10.8 Å². The third kappa shape index (κ3) is 2.57. The van der Waals surface area contributed by atoms with E-state index in [4.69, 9.17) is 0 Å². The molecule has 0 atom stereocenters. The number of hydrogen-bond donors (Lipinski definition) is 3. The predicted octanol–water partition coefficient (Wildman–Crippen LogP) is 2.43. The topological polar surface area (TPSA) is 113 Å². The molecule has 0 bridgehead atoms. The predicted molar refractivity (Wildman–Crippen MR) is 108 cm³/mol. The van der Waals surface area contributed by atoms with Crippen LogP contribution in [0, 0.1) is 0 Å². The summed E-state index contributed by atoms with van der Waals surface area (Å²) in [6.45, 7) is 0.291. The molecule has 28 heavy (non-hydrogen) atoms. The summed E-state index contributed by atoms with van der Waals surface area (Å²) in [5, 5.41) is 6.28. The summed E-state index contributed by atoms with van der Waals surface area (Å²) in [7, 11) is 3.69. The van der Waals surface area contributed by atoms with E-state index in [9.17, 15) is 4.79 Å². The lowest BCUT2D eigenvalue weighted by atomic mass is 10.3. The fourth-order valence-electron chi connectivity index (χ4n) is 3.18. The highest BCUT2D eigenvalue weighted by Gasteiger charge is 2.19. The van der Waals surface area contributed by atoms with E-state index < -0.39 is 0 Å². The van der Waals surface area contributed by atoms with Crippen LogP contribution in [0.3, 0.4) is 0 Å². The summed E-state index contributed by atoms with van der Waals surface area (Å²) < 4.78 is 1.88. The lowest BCUT2D eigenvalue weighted by Crippen LogP contribution is -2.23. The van der Waals surface area contributed by atoms with Crippen molar-refractivity contribution < 1.29 is 4.79 Å². The number of carbonyl (C=O) groups is 1. The van der Waals surface area contributed by atoms with Gasteiger partial charge in [0.05, 0.1) is 23.9 Å². The zero-order valence-corrected chi connectivity index (χ0v) is 16.0. The number of thiazole rings is 1. The molecule has 4 aromatic heterocycles. The van der Waals surface area contributed by atoms with Crippen molar-refractivity contribution in [3.63, 3.8) is 0 Å². The molecular formula is C18H16N8OS. The zero-order chi connectivity index (χ0) is 19.3. The molecule has 0 unspecified atom stereocenters. The smallest absolute Gasteiger partial charge is 0.280 e. The number of imidazole rings is 2. The van der Waals surface area contributed by atoms with E-state index in [2.05, 4.69) is 35.6 Å². The van der Waals surface area contributed by atoms with E-state index in [1.807, 2.05) is 35.9 Å². The fraction of sp³-hybridized carbons (Fsp3) is 0.167. The summed E-state index contributed by atoms with van der Waals surface area (Å²) >= 11 is 1.26. The fourth-order valence-corrected chi connectivity index (χ4v) is 4.04. The number of para-hydroxylation sites is 2. The number of anilines is 1. The van der Waals surface area contributed by atoms with E-state index in [0.717, 1.165) is 22.1 Å². The third-order valence-corrected chi connectivity index (χ3v) is 5.44. The van der Waals surface area contributed by atoms with Gasteiger partial charge in [0.1, 0.15) is 27.2 Å². The Morgan fingerprint density at radius 3 is 2.89 bits per heavy atom. The van der Waals surface area contributed by atoms with Gasteiger partial charge >= 0.3 is 0 Å². The van der Waals surface area contributed by atoms with Gasteiger partial charge in [-0.1, -0.05) is 23.5 Å². The van der Waals surface area contributed by atoms with Gasteiger partial charge in [0.25, 0.3) is 5.91 Å². The normalized spacial score (nSPS) is 11.5. The number of aromatic nitrogens is 6. The molecule has 5 rings (SSSR count). The molecule has 0 aliphatic rings. The van der Waals surface area contributed by atoms with Gasteiger partial charge in [-0.15, -0.1) is 0 Å². The van der Waals surface area contributed by atoms with E-state index in [0.29, 0.717) is 33.5 Å². The number of amides is 1. The number of fused-ring (bicyclic) bond motifs is 4. The highest BCUT2D eigenvalue weighted by atomic mass is 32.1. The summed E-state index contributed by atoms with van der Waals surface area (Å²) in [6.07, 6.45) is 1.72. The van der Waals surface area contributed by atoms with Crippen molar-refractivity contribution in [2.75, 3.05) is 12.4 Å². The van der Waals surface area contributed by atoms with E-state index >= 15 is 0 Å². The van der Waals surface area contributed by atoms with Crippen molar-refractivity contribution in [2.24, 2.45) is 7.05 Å². The van der Waals surface area contributed by atoms with Crippen LogP contribution >= 0.6 is 11.3 Å². The van der Waals surface area contributed by atoms with Gasteiger partial charge in [-0.2, -0.15) is 0 Å². The molecule has 0 radical (unpaired) electrons. The number of rotatable bonds is 4. The zero-order valence-electron chi connectivity index (χ0n) is 15.1. The third-order valence-electron chi connectivity index (χ3n) is 4.49. The molecule has 0 fully saturated rings. The first kappa shape index (κ1) is 16.6. The molecule has 10 heteroatoms. The number of carbonyl (C=O) groups excluding carboxylic acids is 1. The Labute approximate surface area is 162 Å². The molecule has 5 aromatic rings. The largest absolute Gasteiger partial charge is 0.371 e. The molecule has 3 N–H and O–H groups in total. The van der Waals surface area contributed by atoms with Crippen LogP contribution in [0.4, 0.5) is 5.82 Å². The number of pyridine rings is 1. The molecule has 140 valence electrons. The molecule has 4 heterocycles. The second-order valence-corrected chi connectivity index (χ2v) is 7.30. The second kappa shape index (κ2) is 6.27. The maximum absolute atomic E-state index is 12.6. The first-order valence-corrected chi connectivity index (χ1v) is 9.47. The van der Waals surface area contributed by atoms with Crippen LogP contribution in [0.25, 0.3) is 32.4 Å². The van der Waals surface area contributed by atoms with E-state index in [1.54, 1.807) is 13.4 Å². The van der Waals surface area contributed by atoms with Crippen LogP contribution < -0.4 is 10.6 Å². The summed E-state index contributed by atoms with van der Waals surface area (Å²) in [5.41, 5.74) is 4.06. The molecule has 1 amide bonds. The molecule has 0 saturated carbocycles. The monoisotopic (exact) mass is 392 g/mol. The Balaban J connectivity index is 1.46. The minimum Gasteiger partial charge on any atom is -0.371 e. The number of benzene rings is 1. The summed E-state index contributed by atoms with van der Waals surface area (Å²) in [5.74, 6) is 1.10. The Kier molecular flexibility index (Phi) is 3.72. The van der Waals surface area contributed by atoms with Crippen LogP contribution in [-0.4, -0.2) is 42.4 Å². The van der Waals surface area contributed by atoms with Crippen LogP contribution in [0.5, 0.6) is 0 Å². The standard InChI is InChI=1S/C18H16N8OS/c1-19-15-12-14(26(2)8-21-12)13-17(25-15)28-18(24-13)16(27)20-7-11-22-9-5-3-4-6-10(9)23-11/h3-6,8H,7H2,1-2H3,(H,19,25)(H,20,27)(H,22,23). The van der Waals surface area contributed by atoms with Crippen molar-refractivity contribution in [1.29, 1.82) is 0 Å². The van der Waals surface area contributed by atoms with Gasteiger partial charge in [0.2, 0.25) is 0 Å². The highest BCUT2D eigenvalue weighted by molar-refractivity contribution is 7.20. The van der Waals surface area contributed by atoms with Crippen molar-refractivity contribution in [2.45, 2.75) is 6.54 Å². The first-order valence-electron chi connectivity index (χ1n) is 8.65. The maximum atomic E-state index is 12.6. The quantitative estimate of drug-likeness (QED) is 0.433. The summed E-state index contributed by atoms with van der Waals surface area (Å²) in [4.78, 5) is 34.5. The lowest BCUT2D eigenvalue weighted by Gasteiger charge is -2.01. The number of hydrogen-bond acceptors (Lipinski definition) is 7. The number of H-pyrrole nitrogens is 1. The molecular weight excluding hydrogens is 376 g/mol.